The minimum absolute atomic E-state index is 0.163. The fourth-order valence-electron chi connectivity index (χ4n) is 2.02. The first kappa shape index (κ1) is 13.4. The lowest BCUT2D eigenvalue weighted by molar-refractivity contribution is -0.153. The number of phenolic OH excluding ortho intramolecular Hbond substituents is 1. The molecule has 1 aliphatic rings. The standard InChI is InChI=1S/C13H16N2O4/c14-11(5-8-1-3-10(16)4-2-8)12(17)15-6-9(7-15)13(18)19/h1-4,9,11,16H,5-7,14H2,(H,18,19). The Kier molecular flexibility index (Phi) is 3.71. The van der Waals surface area contributed by atoms with Crippen molar-refractivity contribution in [3.63, 3.8) is 0 Å². The van der Waals surface area contributed by atoms with E-state index in [1.807, 2.05) is 0 Å². The van der Waals surface area contributed by atoms with Gasteiger partial charge in [-0.25, -0.2) is 0 Å². The molecule has 1 atom stereocenters. The Morgan fingerprint density at radius 3 is 2.42 bits per heavy atom. The van der Waals surface area contributed by atoms with Crippen LogP contribution in [-0.2, 0) is 16.0 Å². The third-order valence-electron chi connectivity index (χ3n) is 3.25. The molecule has 1 heterocycles. The highest BCUT2D eigenvalue weighted by Gasteiger charge is 2.37. The highest BCUT2D eigenvalue weighted by atomic mass is 16.4. The Morgan fingerprint density at radius 2 is 1.89 bits per heavy atom. The number of rotatable bonds is 4. The molecule has 1 fully saturated rings. The number of hydrogen-bond donors (Lipinski definition) is 3. The summed E-state index contributed by atoms with van der Waals surface area (Å²) in [5.74, 6) is -1.41. The molecule has 1 aliphatic heterocycles. The molecule has 102 valence electrons. The number of likely N-dealkylation sites (tertiary alicyclic amines) is 1. The van der Waals surface area contributed by atoms with E-state index in [1.165, 1.54) is 17.0 Å². The maximum absolute atomic E-state index is 11.9. The van der Waals surface area contributed by atoms with Crippen LogP contribution in [0, 0.1) is 5.92 Å². The molecule has 0 bridgehead atoms. The zero-order chi connectivity index (χ0) is 14.0. The minimum Gasteiger partial charge on any atom is -0.508 e. The largest absolute Gasteiger partial charge is 0.508 e. The molecule has 1 unspecified atom stereocenters. The molecule has 0 radical (unpaired) electrons. The molecule has 4 N–H and O–H groups in total. The summed E-state index contributed by atoms with van der Waals surface area (Å²) in [5.41, 5.74) is 6.67. The summed E-state index contributed by atoms with van der Waals surface area (Å²) in [5, 5.41) is 17.9. The quantitative estimate of drug-likeness (QED) is 0.699. The highest BCUT2D eigenvalue weighted by molar-refractivity contribution is 5.85. The molecule has 19 heavy (non-hydrogen) atoms. The number of nitrogens with zero attached hydrogens (tertiary/aromatic N) is 1. The molecule has 6 heteroatoms. The van der Waals surface area contributed by atoms with Crippen LogP contribution in [0.2, 0.25) is 0 Å². The second-order valence-corrected chi connectivity index (χ2v) is 4.76. The summed E-state index contributed by atoms with van der Waals surface area (Å²) >= 11 is 0. The average molecular weight is 264 g/mol. The molecule has 0 spiro atoms. The van der Waals surface area contributed by atoms with Crippen molar-refractivity contribution in [3.05, 3.63) is 29.8 Å². The number of aliphatic carboxylic acids is 1. The molecule has 1 saturated heterocycles. The van der Waals surface area contributed by atoms with Gasteiger partial charge >= 0.3 is 5.97 Å². The van der Waals surface area contributed by atoms with Gasteiger partial charge in [-0.3, -0.25) is 9.59 Å². The second kappa shape index (κ2) is 5.27. The van der Waals surface area contributed by atoms with Crippen LogP contribution in [0.15, 0.2) is 24.3 Å². The van der Waals surface area contributed by atoms with E-state index in [4.69, 9.17) is 15.9 Å². The Morgan fingerprint density at radius 1 is 1.32 bits per heavy atom. The van der Waals surface area contributed by atoms with Crippen molar-refractivity contribution in [2.75, 3.05) is 13.1 Å². The number of hydrogen-bond acceptors (Lipinski definition) is 4. The van der Waals surface area contributed by atoms with E-state index in [9.17, 15) is 9.59 Å². The maximum Gasteiger partial charge on any atom is 0.310 e. The van der Waals surface area contributed by atoms with Gasteiger partial charge in [0, 0.05) is 13.1 Å². The van der Waals surface area contributed by atoms with E-state index in [1.54, 1.807) is 12.1 Å². The molecular formula is C13H16N2O4. The zero-order valence-corrected chi connectivity index (χ0v) is 10.3. The van der Waals surface area contributed by atoms with E-state index in [0.717, 1.165) is 5.56 Å². The molecule has 6 nitrogen and oxygen atoms in total. The summed E-state index contributed by atoms with van der Waals surface area (Å²) in [7, 11) is 0. The number of carbonyl (C=O) groups is 2. The van der Waals surface area contributed by atoms with Crippen molar-refractivity contribution in [2.24, 2.45) is 11.7 Å². The summed E-state index contributed by atoms with van der Waals surface area (Å²) in [6, 6.07) is 5.81. The van der Waals surface area contributed by atoms with E-state index >= 15 is 0 Å². The van der Waals surface area contributed by atoms with Crippen LogP contribution >= 0.6 is 0 Å². The first-order chi connectivity index (χ1) is 8.97. The van der Waals surface area contributed by atoms with Gasteiger partial charge in [-0.15, -0.1) is 0 Å². The molecule has 1 amide bonds. The fraction of sp³-hybridized carbons (Fsp3) is 0.385. The van der Waals surface area contributed by atoms with Gasteiger partial charge in [-0.05, 0) is 24.1 Å². The van der Waals surface area contributed by atoms with Crippen molar-refractivity contribution in [3.8, 4) is 5.75 Å². The van der Waals surface area contributed by atoms with Crippen LogP contribution in [0.3, 0.4) is 0 Å². The Labute approximate surface area is 110 Å². The third kappa shape index (κ3) is 3.03. The van der Waals surface area contributed by atoms with E-state index in [0.29, 0.717) is 6.42 Å². The minimum atomic E-state index is -0.879. The molecule has 1 aromatic carbocycles. The van der Waals surface area contributed by atoms with Crippen molar-refractivity contribution in [1.29, 1.82) is 0 Å². The molecule has 2 rings (SSSR count). The van der Waals surface area contributed by atoms with Crippen LogP contribution < -0.4 is 5.73 Å². The summed E-state index contributed by atoms with van der Waals surface area (Å²) < 4.78 is 0. The smallest absolute Gasteiger partial charge is 0.310 e. The summed E-state index contributed by atoms with van der Waals surface area (Å²) in [4.78, 5) is 24.0. The predicted octanol–water partition coefficient (Wildman–Crippen LogP) is -0.195. The number of benzene rings is 1. The Bertz CT molecular complexity index is 480. The van der Waals surface area contributed by atoms with Gasteiger partial charge in [0.1, 0.15) is 5.75 Å². The predicted molar refractivity (Wildman–Crippen MR) is 67.5 cm³/mol. The average Bonchev–Trinajstić information content (AvgIpc) is 2.29. The topological polar surface area (TPSA) is 104 Å². The molecule has 0 aromatic heterocycles. The van der Waals surface area contributed by atoms with E-state index in [-0.39, 0.29) is 24.7 Å². The van der Waals surface area contributed by atoms with Gasteiger partial charge in [-0.2, -0.15) is 0 Å². The Balaban J connectivity index is 1.87. The van der Waals surface area contributed by atoms with Gasteiger partial charge in [0.25, 0.3) is 0 Å². The lowest BCUT2D eigenvalue weighted by atomic mass is 9.97. The van der Waals surface area contributed by atoms with E-state index in [2.05, 4.69) is 0 Å². The van der Waals surface area contributed by atoms with Crippen molar-refractivity contribution in [2.45, 2.75) is 12.5 Å². The van der Waals surface area contributed by atoms with Gasteiger partial charge in [0.15, 0.2) is 0 Å². The van der Waals surface area contributed by atoms with Crippen molar-refractivity contribution >= 4 is 11.9 Å². The summed E-state index contributed by atoms with van der Waals surface area (Å²) in [6.45, 7) is 0.467. The van der Waals surface area contributed by atoms with Gasteiger partial charge in [0.2, 0.25) is 5.91 Å². The SMILES string of the molecule is NC(Cc1ccc(O)cc1)C(=O)N1CC(C(=O)O)C1. The normalized spacial score (nSPS) is 16.8. The first-order valence-corrected chi connectivity index (χ1v) is 6.02. The number of carbonyl (C=O) groups excluding carboxylic acids is 1. The van der Waals surface area contributed by atoms with Crippen LogP contribution in [-0.4, -0.2) is 46.1 Å². The van der Waals surface area contributed by atoms with Gasteiger partial charge in [-0.1, -0.05) is 12.1 Å². The lowest BCUT2D eigenvalue weighted by Crippen LogP contribution is -2.57. The molecular weight excluding hydrogens is 248 g/mol. The van der Waals surface area contributed by atoms with Crippen LogP contribution in [0.5, 0.6) is 5.75 Å². The first-order valence-electron chi connectivity index (χ1n) is 6.02. The molecule has 0 saturated carbocycles. The lowest BCUT2D eigenvalue weighted by Gasteiger charge is -2.38. The van der Waals surface area contributed by atoms with Gasteiger partial charge < -0.3 is 20.8 Å². The number of aromatic hydroxyl groups is 1. The number of nitrogens with two attached hydrogens (primary N) is 1. The van der Waals surface area contributed by atoms with E-state index < -0.39 is 17.9 Å². The monoisotopic (exact) mass is 264 g/mol. The molecule has 0 aliphatic carbocycles. The number of carboxylic acid groups (broad SMARTS) is 1. The third-order valence-corrected chi connectivity index (χ3v) is 3.25. The van der Waals surface area contributed by atoms with Crippen LogP contribution in [0.1, 0.15) is 5.56 Å². The highest BCUT2D eigenvalue weighted by Crippen LogP contribution is 2.18. The van der Waals surface area contributed by atoms with Crippen molar-refractivity contribution < 1.29 is 19.8 Å². The zero-order valence-electron chi connectivity index (χ0n) is 10.3. The van der Waals surface area contributed by atoms with Crippen LogP contribution in [0.4, 0.5) is 0 Å². The fourth-order valence-corrected chi connectivity index (χ4v) is 2.02. The maximum atomic E-state index is 11.9. The van der Waals surface area contributed by atoms with Crippen molar-refractivity contribution in [1.82, 2.24) is 4.90 Å². The number of phenols is 1. The second-order valence-electron chi connectivity index (χ2n) is 4.76. The number of amides is 1. The Hall–Kier alpha value is -2.08. The molecule has 1 aromatic rings. The van der Waals surface area contributed by atoms with Gasteiger partial charge in [0.05, 0.1) is 12.0 Å². The number of carboxylic acids is 1. The summed E-state index contributed by atoms with van der Waals surface area (Å²) in [6.07, 6.45) is 0.368. The van der Waals surface area contributed by atoms with Crippen LogP contribution in [0.25, 0.3) is 0 Å².